The monoisotopic (exact) mass is 222 g/mol. The lowest BCUT2D eigenvalue weighted by Gasteiger charge is -2.02. The average molecular weight is 222 g/mol. The lowest BCUT2D eigenvalue weighted by molar-refractivity contribution is -0.142. The number of nitriles is 1. The van der Waals surface area contributed by atoms with Gasteiger partial charge in [0.25, 0.3) is 0 Å². The molecule has 15 heavy (non-hydrogen) atoms. The summed E-state index contributed by atoms with van der Waals surface area (Å²) in [5.41, 5.74) is 0.944. The van der Waals surface area contributed by atoms with E-state index in [-0.39, 0.29) is 12.4 Å². The predicted molar refractivity (Wildman–Crippen MR) is 56.7 cm³/mol. The summed E-state index contributed by atoms with van der Waals surface area (Å²) in [5.74, 6) is -0.335. The number of pyridine rings is 1. The first-order chi connectivity index (χ1) is 7.15. The van der Waals surface area contributed by atoms with Crippen LogP contribution in [0.2, 0.25) is 0 Å². The first kappa shape index (κ1) is 11.4. The molecule has 1 aromatic rings. The summed E-state index contributed by atoms with van der Waals surface area (Å²) in [7, 11) is 0. The number of carbonyl (C=O) groups is 1. The van der Waals surface area contributed by atoms with Crippen molar-refractivity contribution in [2.45, 2.75) is 13.3 Å². The van der Waals surface area contributed by atoms with E-state index in [0.717, 1.165) is 0 Å². The molecule has 0 saturated heterocycles. The van der Waals surface area contributed by atoms with Crippen molar-refractivity contribution < 1.29 is 9.53 Å². The normalized spacial score (nSPS) is 9.33. The second kappa shape index (κ2) is 5.27. The predicted octanol–water partition coefficient (Wildman–Crippen LogP) is 1.72. The largest absolute Gasteiger partial charge is 0.466 e. The average Bonchev–Trinajstić information content (AvgIpc) is 2.17. The molecule has 0 amide bonds. The van der Waals surface area contributed by atoms with Crippen LogP contribution >= 0.6 is 12.2 Å². The Labute approximate surface area is 92.5 Å². The molecule has 0 spiro atoms. The molecule has 0 atom stereocenters. The van der Waals surface area contributed by atoms with E-state index in [1.54, 1.807) is 19.1 Å². The lowest BCUT2D eigenvalue weighted by atomic mass is 10.2. The first-order valence-electron chi connectivity index (χ1n) is 4.44. The summed E-state index contributed by atoms with van der Waals surface area (Å²) in [6.45, 7) is 2.09. The molecular weight excluding hydrogens is 212 g/mol. The highest BCUT2D eigenvalue weighted by atomic mass is 32.1. The van der Waals surface area contributed by atoms with Crippen molar-refractivity contribution in [3.05, 3.63) is 28.0 Å². The number of rotatable bonds is 3. The maximum absolute atomic E-state index is 11.2. The van der Waals surface area contributed by atoms with Crippen molar-refractivity contribution in [2.75, 3.05) is 6.61 Å². The van der Waals surface area contributed by atoms with E-state index in [4.69, 9.17) is 22.2 Å². The van der Waals surface area contributed by atoms with Gasteiger partial charge in [0.15, 0.2) is 0 Å². The van der Waals surface area contributed by atoms with Crippen LogP contribution < -0.4 is 0 Å². The molecule has 0 unspecified atom stereocenters. The van der Waals surface area contributed by atoms with Gasteiger partial charge >= 0.3 is 5.97 Å². The Bertz CT molecular complexity index is 459. The third-order valence-electron chi connectivity index (χ3n) is 1.66. The molecule has 1 aromatic heterocycles. The summed E-state index contributed by atoms with van der Waals surface area (Å²) in [6, 6.07) is 5.13. The molecular formula is C10H10N2O2S. The Morgan fingerprint density at radius 2 is 2.40 bits per heavy atom. The maximum Gasteiger partial charge on any atom is 0.311 e. The number of ether oxygens (including phenoxy) is 1. The molecule has 78 valence electrons. The van der Waals surface area contributed by atoms with E-state index in [9.17, 15) is 4.79 Å². The van der Waals surface area contributed by atoms with Gasteiger partial charge in [0, 0.05) is 10.2 Å². The van der Waals surface area contributed by atoms with Crippen molar-refractivity contribution in [3.8, 4) is 6.07 Å². The van der Waals surface area contributed by atoms with Crippen molar-refractivity contribution in [1.82, 2.24) is 4.98 Å². The van der Waals surface area contributed by atoms with Crippen LogP contribution in [0.15, 0.2) is 12.1 Å². The van der Waals surface area contributed by atoms with Crippen LogP contribution in [-0.4, -0.2) is 17.6 Å². The van der Waals surface area contributed by atoms with E-state index in [0.29, 0.717) is 22.5 Å². The van der Waals surface area contributed by atoms with Gasteiger partial charge in [-0.15, -0.1) is 0 Å². The van der Waals surface area contributed by atoms with E-state index in [1.807, 2.05) is 6.07 Å². The Hall–Kier alpha value is -1.67. The number of nitrogens with zero attached hydrogens (tertiary/aromatic N) is 1. The van der Waals surface area contributed by atoms with Crippen LogP contribution in [0.4, 0.5) is 0 Å². The quantitative estimate of drug-likeness (QED) is 0.624. The van der Waals surface area contributed by atoms with E-state index in [1.165, 1.54) is 0 Å². The molecule has 0 aliphatic heterocycles. The highest BCUT2D eigenvalue weighted by Gasteiger charge is 2.05. The number of nitrogens with one attached hydrogen (secondary N) is 1. The summed E-state index contributed by atoms with van der Waals surface area (Å²) in [4.78, 5) is 14.0. The highest BCUT2D eigenvalue weighted by molar-refractivity contribution is 7.71. The second-order valence-electron chi connectivity index (χ2n) is 2.85. The van der Waals surface area contributed by atoms with Gasteiger partial charge in [-0.1, -0.05) is 12.2 Å². The van der Waals surface area contributed by atoms with Gasteiger partial charge in [0.1, 0.15) is 11.8 Å². The Balaban J connectivity index is 2.87. The zero-order valence-corrected chi connectivity index (χ0v) is 9.06. The van der Waals surface area contributed by atoms with Gasteiger partial charge < -0.3 is 9.72 Å². The molecule has 0 aliphatic carbocycles. The van der Waals surface area contributed by atoms with Crippen LogP contribution in [0.25, 0.3) is 0 Å². The topological polar surface area (TPSA) is 65.9 Å². The maximum atomic E-state index is 11.2. The minimum atomic E-state index is -0.335. The molecule has 0 aliphatic rings. The van der Waals surface area contributed by atoms with E-state index in [2.05, 4.69) is 4.98 Å². The van der Waals surface area contributed by atoms with Crippen LogP contribution in [0.5, 0.6) is 0 Å². The van der Waals surface area contributed by atoms with Gasteiger partial charge in [-0.2, -0.15) is 5.26 Å². The lowest BCUT2D eigenvalue weighted by Crippen LogP contribution is -2.09. The molecule has 1 heterocycles. The molecule has 0 fully saturated rings. The minimum absolute atomic E-state index is 0.104. The number of hydrogen-bond donors (Lipinski definition) is 1. The zero-order valence-electron chi connectivity index (χ0n) is 8.24. The summed E-state index contributed by atoms with van der Waals surface area (Å²) >= 11 is 4.95. The fourth-order valence-corrected chi connectivity index (χ4v) is 1.38. The fraction of sp³-hybridized carbons (Fsp3) is 0.300. The molecule has 0 bridgehead atoms. The molecule has 5 heteroatoms. The SMILES string of the molecule is CCOC(=O)Cc1cc(=S)cc(C#N)[nH]1. The van der Waals surface area contributed by atoms with Crippen molar-refractivity contribution in [1.29, 1.82) is 5.26 Å². The Morgan fingerprint density at radius 1 is 1.67 bits per heavy atom. The Kier molecular flexibility index (Phi) is 4.01. The number of aromatic nitrogens is 1. The molecule has 4 nitrogen and oxygen atoms in total. The fourth-order valence-electron chi connectivity index (χ4n) is 1.12. The minimum Gasteiger partial charge on any atom is -0.466 e. The van der Waals surface area contributed by atoms with Crippen molar-refractivity contribution >= 4 is 18.2 Å². The van der Waals surface area contributed by atoms with Gasteiger partial charge in [-0.3, -0.25) is 4.79 Å². The van der Waals surface area contributed by atoms with Crippen LogP contribution in [0.1, 0.15) is 18.3 Å². The highest BCUT2D eigenvalue weighted by Crippen LogP contribution is 2.03. The van der Waals surface area contributed by atoms with Gasteiger partial charge in [0.2, 0.25) is 0 Å². The van der Waals surface area contributed by atoms with E-state index < -0.39 is 0 Å². The molecule has 0 radical (unpaired) electrons. The number of hydrogen-bond acceptors (Lipinski definition) is 4. The Morgan fingerprint density at radius 3 is 3.00 bits per heavy atom. The third-order valence-corrected chi connectivity index (χ3v) is 1.89. The first-order valence-corrected chi connectivity index (χ1v) is 4.85. The number of aromatic amines is 1. The van der Waals surface area contributed by atoms with E-state index >= 15 is 0 Å². The molecule has 0 saturated carbocycles. The summed E-state index contributed by atoms with van der Waals surface area (Å²) in [5, 5.41) is 8.68. The zero-order chi connectivity index (χ0) is 11.3. The molecule has 1 N–H and O–H groups in total. The molecule has 0 aromatic carbocycles. The summed E-state index contributed by atoms with van der Waals surface area (Å²) < 4.78 is 5.32. The molecule has 1 rings (SSSR count). The van der Waals surface area contributed by atoms with Crippen LogP contribution in [-0.2, 0) is 16.0 Å². The number of carbonyl (C=O) groups excluding carboxylic acids is 1. The number of H-pyrrole nitrogens is 1. The van der Waals surface area contributed by atoms with Gasteiger partial charge in [0.05, 0.1) is 13.0 Å². The standard InChI is InChI=1S/C10H10N2O2S/c1-2-14-10(13)5-7-3-9(15)4-8(6-11)12-7/h3-4H,2,5H2,1H3,(H,12,15). The van der Waals surface area contributed by atoms with Gasteiger partial charge in [-0.25, -0.2) is 0 Å². The van der Waals surface area contributed by atoms with Crippen LogP contribution in [0, 0.1) is 15.8 Å². The van der Waals surface area contributed by atoms with Gasteiger partial charge in [-0.05, 0) is 19.1 Å². The second-order valence-corrected chi connectivity index (χ2v) is 3.32. The van der Waals surface area contributed by atoms with Crippen molar-refractivity contribution in [2.24, 2.45) is 0 Å². The number of esters is 1. The summed E-state index contributed by atoms with van der Waals surface area (Å²) in [6.07, 6.45) is 0.104. The smallest absolute Gasteiger partial charge is 0.311 e. The van der Waals surface area contributed by atoms with Crippen LogP contribution in [0.3, 0.4) is 0 Å². The third kappa shape index (κ3) is 3.52. The van der Waals surface area contributed by atoms with Crippen molar-refractivity contribution in [3.63, 3.8) is 0 Å².